The van der Waals surface area contributed by atoms with Gasteiger partial charge in [0, 0.05) is 31.3 Å². The summed E-state index contributed by atoms with van der Waals surface area (Å²) in [6.45, 7) is 2.26. The van der Waals surface area contributed by atoms with Crippen LogP contribution in [0.5, 0.6) is 0 Å². The third-order valence-corrected chi connectivity index (χ3v) is 6.42. The molecule has 1 aromatic heterocycles. The molecule has 0 radical (unpaired) electrons. The van der Waals surface area contributed by atoms with E-state index >= 15 is 0 Å². The van der Waals surface area contributed by atoms with Crippen molar-refractivity contribution in [3.8, 4) is 0 Å². The first-order valence-corrected chi connectivity index (χ1v) is 11.6. The van der Waals surface area contributed by atoms with Gasteiger partial charge in [0.2, 0.25) is 0 Å². The number of likely N-dealkylation sites (tertiary alicyclic amines) is 1. The Morgan fingerprint density at radius 3 is 2.38 bits per heavy atom. The number of hydrogen-bond acceptors (Lipinski definition) is 4. The number of nitrogens with one attached hydrogen (secondary N) is 1. The zero-order valence-electron chi connectivity index (χ0n) is 19.0. The van der Waals surface area contributed by atoms with Crippen LogP contribution in [0.1, 0.15) is 16.7 Å². The van der Waals surface area contributed by atoms with E-state index < -0.39 is 6.10 Å². The monoisotopic (exact) mass is 455 g/mol. The third-order valence-electron chi connectivity index (χ3n) is 6.42. The standard InChI is InChI=1S/C28H29N3O3/c32-27-19-31(28(33)34-20-22-9-5-2-6-10-22)18-26(27)30(16-21-7-3-1-4-8-21)17-23-11-12-25-24(15-23)13-14-29-25/h1-15,26-27,29,32H,16-20H2/t26-,27-/m1/s1. The third kappa shape index (κ3) is 5.14. The number of H-pyrrole nitrogens is 1. The molecule has 1 aliphatic heterocycles. The number of benzene rings is 3. The van der Waals surface area contributed by atoms with Crippen LogP contribution in [0.15, 0.2) is 91.1 Å². The molecule has 1 aliphatic rings. The average molecular weight is 456 g/mol. The Labute approximate surface area is 199 Å². The second-order valence-corrected chi connectivity index (χ2v) is 8.87. The molecule has 2 N–H and O–H groups in total. The average Bonchev–Trinajstić information content (AvgIpc) is 3.49. The Morgan fingerprint density at radius 1 is 0.912 bits per heavy atom. The fourth-order valence-corrected chi connectivity index (χ4v) is 4.63. The lowest BCUT2D eigenvalue weighted by molar-refractivity contribution is 0.0728. The van der Waals surface area contributed by atoms with E-state index in [1.165, 1.54) is 11.1 Å². The first-order valence-electron chi connectivity index (χ1n) is 11.6. The topological polar surface area (TPSA) is 68.8 Å². The number of hydrogen-bond donors (Lipinski definition) is 2. The SMILES string of the molecule is O=C(OCc1ccccc1)N1C[C@@H](O)[C@H](N(Cc2ccccc2)Cc2ccc3[nH]ccc3c2)C1. The predicted octanol–water partition coefficient (Wildman–Crippen LogP) is 4.55. The van der Waals surface area contributed by atoms with Crippen LogP contribution in [0.2, 0.25) is 0 Å². The molecule has 1 amide bonds. The van der Waals surface area contributed by atoms with Crippen molar-refractivity contribution in [2.24, 2.45) is 0 Å². The summed E-state index contributed by atoms with van der Waals surface area (Å²) in [5, 5.41) is 12.1. The van der Waals surface area contributed by atoms with E-state index in [1.807, 2.05) is 54.7 Å². The summed E-state index contributed by atoms with van der Waals surface area (Å²) in [5.41, 5.74) is 4.38. The lowest BCUT2D eigenvalue weighted by Gasteiger charge is -2.30. The van der Waals surface area contributed by atoms with E-state index in [-0.39, 0.29) is 25.3 Å². The van der Waals surface area contributed by atoms with Gasteiger partial charge in [-0.3, -0.25) is 4.90 Å². The minimum absolute atomic E-state index is 0.189. The maximum absolute atomic E-state index is 12.7. The number of fused-ring (bicyclic) bond motifs is 1. The second kappa shape index (κ2) is 10.1. The first kappa shape index (κ1) is 22.2. The van der Waals surface area contributed by atoms with Gasteiger partial charge >= 0.3 is 6.09 Å². The van der Waals surface area contributed by atoms with Crippen LogP contribution in [-0.2, 0) is 24.4 Å². The minimum Gasteiger partial charge on any atom is -0.445 e. The molecule has 0 bridgehead atoms. The molecule has 6 heteroatoms. The molecule has 1 fully saturated rings. The van der Waals surface area contributed by atoms with Gasteiger partial charge in [-0.15, -0.1) is 0 Å². The van der Waals surface area contributed by atoms with Crippen LogP contribution in [0.3, 0.4) is 0 Å². The van der Waals surface area contributed by atoms with Crippen molar-refractivity contribution in [3.63, 3.8) is 0 Å². The molecule has 4 aromatic rings. The van der Waals surface area contributed by atoms with Crippen molar-refractivity contribution >= 4 is 17.0 Å². The molecule has 3 aromatic carbocycles. The van der Waals surface area contributed by atoms with Crippen LogP contribution < -0.4 is 0 Å². The Bertz CT molecular complexity index is 1230. The number of aliphatic hydroxyl groups is 1. The molecule has 0 unspecified atom stereocenters. The minimum atomic E-state index is -0.649. The smallest absolute Gasteiger partial charge is 0.410 e. The highest BCUT2D eigenvalue weighted by Crippen LogP contribution is 2.24. The van der Waals surface area contributed by atoms with E-state index in [9.17, 15) is 9.90 Å². The number of carbonyl (C=O) groups is 1. The first-order chi connectivity index (χ1) is 16.7. The van der Waals surface area contributed by atoms with E-state index in [0.717, 1.165) is 16.5 Å². The Kier molecular flexibility index (Phi) is 6.60. The zero-order valence-corrected chi connectivity index (χ0v) is 19.0. The van der Waals surface area contributed by atoms with Gasteiger partial charge < -0.3 is 19.7 Å². The Hall–Kier alpha value is -3.61. The van der Waals surface area contributed by atoms with Gasteiger partial charge in [-0.2, -0.15) is 0 Å². The Morgan fingerprint density at radius 2 is 1.62 bits per heavy atom. The number of aromatic amines is 1. The lowest BCUT2D eigenvalue weighted by Crippen LogP contribution is -2.42. The molecule has 5 rings (SSSR count). The van der Waals surface area contributed by atoms with Gasteiger partial charge in [0.05, 0.1) is 18.7 Å². The summed E-state index contributed by atoms with van der Waals surface area (Å²) >= 11 is 0. The van der Waals surface area contributed by atoms with Crippen LogP contribution in [0.4, 0.5) is 4.79 Å². The highest BCUT2D eigenvalue weighted by atomic mass is 16.6. The number of aliphatic hydroxyl groups excluding tert-OH is 1. The van der Waals surface area contributed by atoms with Crippen LogP contribution in [0, 0.1) is 0 Å². The highest BCUT2D eigenvalue weighted by molar-refractivity contribution is 5.79. The van der Waals surface area contributed by atoms with Crippen molar-refractivity contribution in [2.75, 3.05) is 13.1 Å². The number of ether oxygens (including phenoxy) is 1. The molecule has 6 nitrogen and oxygen atoms in total. The molecule has 0 saturated carbocycles. The maximum atomic E-state index is 12.7. The summed E-state index contributed by atoms with van der Waals surface area (Å²) in [7, 11) is 0. The summed E-state index contributed by atoms with van der Waals surface area (Å²) in [6.07, 6.45) is 0.901. The number of β-amino-alcohol motifs (C(OH)–C–C–N with tert-alkyl or cyclic N) is 1. The van der Waals surface area contributed by atoms with E-state index in [4.69, 9.17) is 4.74 Å². The zero-order chi connectivity index (χ0) is 23.3. The molecule has 2 heterocycles. The van der Waals surface area contributed by atoms with E-state index in [0.29, 0.717) is 19.6 Å². The summed E-state index contributed by atoms with van der Waals surface area (Å²) in [4.78, 5) is 19.8. The number of rotatable bonds is 7. The van der Waals surface area contributed by atoms with Crippen LogP contribution in [0.25, 0.3) is 10.9 Å². The fraction of sp³-hybridized carbons (Fsp3) is 0.250. The van der Waals surface area contributed by atoms with Gasteiger partial charge in [-0.05, 0) is 40.3 Å². The molecule has 2 atom stereocenters. The van der Waals surface area contributed by atoms with Crippen molar-refractivity contribution < 1.29 is 14.6 Å². The van der Waals surface area contributed by atoms with Crippen molar-refractivity contribution in [1.29, 1.82) is 0 Å². The van der Waals surface area contributed by atoms with Crippen LogP contribution in [-0.4, -0.2) is 51.2 Å². The number of nitrogens with zero attached hydrogens (tertiary/aromatic N) is 2. The van der Waals surface area contributed by atoms with Crippen molar-refractivity contribution in [3.05, 3.63) is 108 Å². The van der Waals surface area contributed by atoms with Gasteiger partial charge in [-0.25, -0.2) is 4.79 Å². The molecular weight excluding hydrogens is 426 g/mol. The molecule has 1 saturated heterocycles. The predicted molar refractivity (Wildman–Crippen MR) is 132 cm³/mol. The molecule has 174 valence electrons. The number of carbonyl (C=O) groups excluding carboxylic acids is 1. The number of amides is 1. The highest BCUT2D eigenvalue weighted by Gasteiger charge is 2.38. The van der Waals surface area contributed by atoms with Gasteiger partial charge in [0.15, 0.2) is 0 Å². The van der Waals surface area contributed by atoms with E-state index in [2.05, 4.69) is 46.3 Å². The van der Waals surface area contributed by atoms with Gasteiger partial charge in [0.25, 0.3) is 0 Å². The van der Waals surface area contributed by atoms with Crippen molar-refractivity contribution in [2.45, 2.75) is 31.8 Å². The molecule has 34 heavy (non-hydrogen) atoms. The molecule has 0 aliphatic carbocycles. The van der Waals surface area contributed by atoms with Gasteiger partial charge in [0.1, 0.15) is 6.61 Å². The quantitative estimate of drug-likeness (QED) is 0.429. The van der Waals surface area contributed by atoms with Gasteiger partial charge in [-0.1, -0.05) is 66.7 Å². The van der Waals surface area contributed by atoms with Crippen LogP contribution >= 0.6 is 0 Å². The van der Waals surface area contributed by atoms with Crippen molar-refractivity contribution in [1.82, 2.24) is 14.8 Å². The summed E-state index contributed by atoms with van der Waals surface area (Å²) in [5.74, 6) is 0. The molecular formula is C28H29N3O3. The lowest BCUT2D eigenvalue weighted by atomic mass is 10.1. The fourth-order valence-electron chi connectivity index (χ4n) is 4.63. The second-order valence-electron chi connectivity index (χ2n) is 8.87. The normalized spacial score (nSPS) is 18.0. The Balaban J connectivity index is 1.30. The summed E-state index contributed by atoms with van der Waals surface area (Å²) in [6, 6.07) is 28.1. The molecule has 0 spiro atoms. The number of aromatic nitrogens is 1. The largest absolute Gasteiger partial charge is 0.445 e. The maximum Gasteiger partial charge on any atom is 0.410 e. The summed E-state index contributed by atoms with van der Waals surface area (Å²) < 4.78 is 5.52. The van der Waals surface area contributed by atoms with E-state index in [1.54, 1.807) is 4.90 Å².